The summed E-state index contributed by atoms with van der Waals surface area (Å²) in [5.74, 6) is 1.40. The number of hydrogen-bond donors (Lipinski definition) is 2. The van der Waals surface area contributed by atoms with E-state index in [2.05, 4.69) is 20.8 Å². The molecule has 150 valence electrons. The molecule has 0 aliphatic heterocycles. The Hall–Kier alpha value is -1.71. The number of benzene rings is 1. The van der Waals surface area contributed by atoms with E-state index in [-0.39, 0.29) is 24.0 Å². The van der Waals surface area contributed by atoms with E-state index in [0.717, 1.165) is 29.3 Å². The zero-order valence-electron chi connectivity index (χ0n) is 15.6. The van der Waals surface area contributed by atoms with Gasteiger partial charge in [0.2, 0.25) is 0 Å². The lowest BCUT2D eigenvalue weighted by molar-refractivity contribution is 0.424. The summed E-state index contributed by atoms with van der Waals surface area (Å²) in [6, 6.07) is 13.6. The second-order valence-electron chi connectivity index (χ2n) is 5.93. The fourth-order valence-electron chi connectivity index (χ4n) is 2.56. The van der Waals surface area contributed by atoms with Gasteiger partial charge in [-0.1, -0.05) is 58.7 Å². The van der Waals surface area contributed by atoms with E-state index in [1.54, 1.807) is 0 Å². The van der Waals surface area contributed by atoms with Gasteiger partial charge in [0.1, 0.15) is 10.8 Å². The Morgan fingerprint density at radius 3 is 2.57 bits per heavy atom. The highest BCUT2D eigenvalue weighted by Gasteiger charge is 2.10. The van der Waals surface area contributed by atoms with Crippen LogP contribution in [-0.4, -0.2) is 22.2 Å². The molecule has 0 saturated carbocycles. The van der Waals surface area contributed by atoms with Gasteiger partial charge in [0.15, 0.2) is 11.7 Å². The first-order valence-corrected chi connectivity index (χ1v) is 9.37. The maximum Gasteiger partial charge on any atom is 0.191 e. The minimum Gasteiger partial charge on any atom is -0.357 e. The highest BCUT2D eigenvalue weighted by atomic mass is 127. The quantitative estimate of drug-likeness (QED) is 0.270. The third-order valence-corrected chi connectivity index (χ3v) is 4.86. The van der Waals surface area contributed by atoms with E-state index in [9.17, 15) is 0 Å². The molecule has 0 aliphatic carbocycles. The number of aliphatic imine (C=N–C) groups is 1. The number of nitrogens with zero attached hydrogens (tertiary/aromatic N) is 3. The van der Waals surface area contributed by atoms with Crippen molar-refractivity contribution in [1.82, 2.24) is 20.4 Å². The van der Waals surface area contributed by atoms with Crippen molar-refractivity contribution in [3.63, 3.8) is 0 Å². The molecule has 28 heavy (non-hydrogen) atoms. The van der Waals surface area contributed by atoms with E-state index < -0.39 is 0 Å². The van der Waals surface area contributed by atoms with Crippen LogP contribution in [0.4, 0.5) is 0 Å². The number of rotatable bonds is 6. The second kappa shape index (κ2) is 10.7. The average molecular weight is 534 g/mol. The van der Waals surface area contributed by atoms with Crippen molar-refractivity contribution in [3.05, 3.63) is 64.0 Å². The van der Waals surface area contributed by atoms with Gasteiger partial charge >= 0.3 is 0 Å². The van der Waals surface area contributed by atoms with E-state index >= 15 is 0 Å². The predicted octanol–water partition coefficient (Wildman–Crippen LogP) is 4.86. The Morgan fingerprint density at radius 2 is 1.93 bits per heavy atom. The Bertz CT molecular complexity index is 924. The monoisotopic (exact) mass is 533 g/mol. The van der Waals surface area contributed by atoms with Crippen LogP contribution in [0.3, 0.4) is 0 Å². The van der Waals surface area contributed by atoms with Crippen LogP contribution in [0.25, 0.3) is 11.3 Å². The molecule has 0 aliphatic rings. The van der Waals surface area contributed by atoms with Gasteiger partial charge in [-0.2, -0.15) is 0 Å². The standard InChI is InChI=1S/C19H21Cl2N5O.HI/c1-3-22-19(24-12-15-10-16(20)18(21)26(15)2)23-11-14-9-17(27-25-14)13-7-5-4-6-8-13;/h4-10H,3,11-12H2,1-2H3,(H2,22,23,24);1H. The first-order chi connectivity index (χ1) is 13.1. The van der Waals surface area contributed by atoms with Gasteiger partial charge in [-0.15, -0.1) is 24.0 Å². The third kappa shape index (κ3) is 5.65. The Kier molecular flexibility index (Phi) is 8.65. The summed E-state index contributed by atoms with van der Waals surface area (Å²) in [7, 11) is 1.87. The highest BCUT2D eigenvalue weighted by Crippen LogP contribution is 2.25. The SMILES string of the molecule is CCNC(=NCc1cc(-c2ccccc2)on1)NCc1cc(Cl)c(Cl)n1C.I. The molecule has 3 rings (SSSR count). The topological polar surface area (TPSA) is 67.4 Å². The lowest BCUT2D eigenvalue weighted by atomic mass is 10.2. The van der Waals surface area contributed by atoms with Crippen LogP contribution in [0.1, 0.15) is 18.3 Å². The molecule has 6 nitrogen and oxygen atoms in total. The van der Waals surface area contributed by atoms with Crippen molar-refractivity contribution < 1.29 is 4.52 Å². The van der Waals surface area contributed by atoms with Crippen LogP contribution in [0.5, 0.6) is 0 Å². The number of guanidine groups is 1. The minimum atomic E-state index is 0. The maximum atomic E-state index is 6.11. The van der Waals surface area contributed by atoms with Crippen LogP contribution in [0, 0.1) is 0 Å². The van der Waals surface area contributed by atoms with Crippen LogP contribution >= 0.6 is 47.2 Å². The summed E-state index contributed by atoms with van der Waals surface area (Å²) in [6.45, 7) is 3.70. The second-order valence-corrected chi connectivity index (χ2v) is 6.70. The zero-order chi connectivity index (χ0) is 19.2. The van der Waals surface area contributed by atoms with Gasteiger partial charge in [-0.3, -0.25) is 0 Å². The van der Waals surface area contributed by atoms with Gasteiger partial charge in [-0.25, -0.2) is 4.99 Å². The average Bonchev–Trinajstić information content (AvgIpc) is 3.25. The summed E-state index contributed by atoms with van der Waals surface area (Å²) < 4.78 is 7.25. The molecule has 2 N–H and O–H groups in total. The molecule has 0 fully saturated rings. The van der Waals surface area contributed by atoms with Crippen molar-refractivity contribution in [2.75, 3.05) is 6.54 Å². The molecule has 0 amide bonds. The number of halogens is 3. The Morgan fingerprint density at radius 1 is 1.18 bits per heavy atom. The first kappa shape index (κ1) is 22.6. The fraction of sp³-hybridized carbons (Fsp3) is 0.263. The van der Waals surface area contributed by atoms with E-state index in [0.29, 0.717) is 29.2 Å². The van der Waals surface area contributed by atoms with E-state index in [1.807, 2.05) is 61.0 Å². The molecular formula is C19H22Cl2IN5O. The lowest BCUT2D eigenvalue weighted by Gasteiger charge is -2.11. The van der Waals surface area contributed by atoms with Crippen molar-refractivity contribution in [2.24, 2.45) is 12.0 Å². The van der Waals surface area contributed by atoms with Crippen LogP contribution in [0.2, 0.25) is 10.2 Å². The van der Waals surface area contributed by atoms with Crippen molar-refractivity contribution >= 4 is 53.1 Å². The summed E-state index contributed by atoms with van der Waals surface area (Å²) in [5.41, 5.74) is 2.71. The number of hydrogen-bond acceptors (Lipinski definition) is 3. The molecule has 0 bridgehead atoms. The third-order valence-electron chi connectivity index (χ3n) is 4.01. The smallest absolute Gasteiger partial charge is 0.191 e. The number of aromatic nitrogens is 2. The molecule has 0 unspecified atom stereocenters. The summed E-state index contributed by atoms with van der Waals surface area (Å²) in [6.07, 6.45) is 0. The minimum absolute atomic E-state index is 0. The summed E-state index contributed by atoms with van der Waals surface area (Å²) in [5, 5.41) is 11.6. The molecule has 0 saturated heterocycles. The molecule has 0 atom stereocenters. The molecule has 0 radical (unpaired) electrons. The molecule has 0 spiro atoms. The van der Waals surface area contributed by atoms with Gasteiger partial charge in [0.05, 0.1) is 18.1 Å². The normalized spacial score (nSPS) is 11.2. The lowest BCUT2D eigenvalue weighted by Crippen LogP contribution is -2.37. The Balaban J connectivity index is 0.00000280. The van der Waals surface area contributed by atoms with E-state index in [1.165, 1.54) is 0 Å². The molecular weight excluding hydrogens is 512 g/mol. The molecule has 2 aromatic heterocycles. The van der Waals surface area contributed by atoms with Crippen LogP contribution in [0.15, 0.2) is 52.0 Å². The van der Waals surface area contributed by atoms with Crippen LogP contribution < -0.4 is 10.6 Å². The van der Waals surface area contributed by atoms with E-state index in [4.69, 9.17) is 27.7 Å². The molecule has 2 heterocycles. The fourth-order valence-corrected chi connectivity index (χ4v) is 2.98. The van der Waals surface area contributed by atoms with Crippen molar-refractivity contribution in [3.8, 4) is 11.3 Å². The maximum absolute atomic E-state index is 6.11. The summed E-state index contributed by atoms with van der Waals surface area (Å²) >= 11 is 12.2. The molecule has 3 aromatic rings. The van der Waals surface area contributed by atoms with Crippen LogP contribution in [-0.2, 0) is 20.1 Å². The van der Waals surface area contributed by atoms with Gasteiger partial charge in [0, 0.05) is 30.9 Å². The van der Waals surface area contributed by atoms with Crippen molar-refractivity contribution in [1.29, 1.82) is 0 Å². The predicted molar refractivity (Wildman–Crippen MR) is 124 cm³/mol. The van der Waals surface area contributed by atoms with Gasteiger partial charge < -0.3 is 19.7 Å². The Labute approximate surface area is 191 Å². The van der Waals surface area contributed by atoms with Crippen molar-refractivity contribution in [2.45, 2.75) is 20.0 Å². The summed E-state index contributed by atoms with van der Waals surface area (Å²) in [4.78, 5) is 4.56. The molecule has 9 heteroatoms. The number of nitrogens with one attached hydrogen (secondary N) is 2. The van der Waals surface area contributed by atoms with Gasteiger partial charge in [-0.05, 0) is 13.0 Å². The van der Waals surface area contributed by atoms with Gasteiger partial charge in [0.25, 0.3) is 0 Å². The highest BCUT2D eigenvalue weighted by molar-refractivity contribution is 14.0. The first-order valence-electron chi connectivity index (χ1n) is 8.61. The zero-order valence-corrected chi connectivity index (χ0v) is 19.4. The largest absolute Gasteiger partial charge is 0.357 e. The molecule has 1 aromatic carbocycles.